The summed E-state index contributed by atoms with van der Waals surface area (Å²) in [6.07, 6.45) is 0. The molecule has 0 fully saturated rings. The van der Waals surface area contributed by atoms with Crippen molar-refractivity contribution in [1.82, 2.24) is 10.2 Å². The first kappa shape index (κ1) is 10.4. The average Bonchev–Trinajstić information content (AvgIpc) is 2.29. The Labute approximate surface area is 92.1 Å². The lowest BCUT2D eigenvalue weighted by Gasteiger charge is -2.09. The number of nitrogens with zero attached hydrogens (tertiary/aromatic N) is 2. The zero-order chi connectivity index (χ0) is 11.5. The smallest absolute Gasteiger partial charge is 0.358 e. The maximum absolute atomic E-state index is 11.0. The number of fused-ring (bicyclic) bond motifs is 1. The van der Waals surface area contributed by atoms with Gasteiger partial charge in [-0.2, -0.15) is 0 Å². The van der Waals surface area contributed by atoms with Crippen LogP contribution >= 0.6 is 0 Å². The van der Waals surface area contributed by atoms with Crippen LogP contribution in [0, 0.1) is 0 Å². The van der Waals surface area contributed by atoms with Crippen LogP contribution in [0.2, 0.25) is 0 Å². The van der Waals surface area contributed by atoms with Crippen LogP contribution in [0.1, 0.15) is 17.4 Å². The van der Waals surface area contributed by atoms with Crippen molar-refractivity contribution < 1.29 is 9.90 Å². The van der Waals surface area contributed by atoms with Gasteiger partial charge in [-0.1, -0.05) is 18.2 Å². The highest BCUT2D eigenvalue weighted by atomic mass is 16.4. The molecule has 0 aliphatic heterocycles. The predicted molar refractivity (Wildman–Crippen MR) is 60.7 cm³/mol. The number of rotatable bonds is 3. The number of anilines is 1. The lowest BCUT2D eigenvalue weighted by molar-refractivity contribution is 0.0690. The van der Waals surface area contributed by atoms with Crippen LogP contribution in [0.3, 0.4) is 0 Å². The normalized spacial score (nSPS) is 10.3. The van der Waals surface area contributed by atoms with Crippen molar-refractivity contribution in [2.45, 2.75) is 6.92 Å². The Hall–Kier alpha value is -2.17. The molecule has 2 rings (SSSR count). The van der Waals surface area contributed by atoms with Crippen LogP contribution in [-0.2, 0) is 0 Å². The largest absolute Gasteiger partial charge is 0.476 e. The van der Waals surface area contributed by atoms with E-state index in [0.29, 0.717) is 17.7 Å². The summed E-state index contributed by atoms with van der Waals surface area (Å²) in [6.45, 7) is 2.54. The fraction of sp³-hybridized carbons (Fsp3) is 0.182. The standard InChI is InChI=1S/C11H11N3O2/c1-2-12-9-7-5-3-4-6-8(7)13-14-10(9)11(15)16/h3-6H,2H2,1H3,(H,12,13)(H,15,16). The van der Waals surface area contributed by atoms with Crippen molar-refractivity contribution >= 4 is 22.6 Å². The molecular weight excluding hydrogens is 206 g/mol. The van der Waals surface area contributed by atoms with Gasteiger partial charge in [0.05, 0.1) is 11.2 Å². The fourth-order valence-electron chi connectivity index (χ4n) is 1.56. The Bertz CT molecular complexity index is 540. The van der Waals surface area contributed by atoms with Gasteiger partial charge in [0.25, 0.3) is 0 Å². The molecule has 82 valence electrons. The molecule has 0 bridgehead atoms. The maximum Gasteiger partial charge on any atom is 0.358 e. The van der Waals surface area contributed by atoms with Gasteiger partial charge < -0.3 is 10.4 Å². The monoisotopic (exact) mass is 217 g/mol. The van der Waals surface area contributed by atoms with Crippen LogP contribution in [0.25, 0.3) is 10.9 Å². The summed E-state index contributed by atoms with van der Waals surface area (Å²) in [5.41, 5.74) is 1.17. The van der Waals surface area contributed by atoms with E-state index in [1.165, 1.54) is 0 Å². The first-order chi connectivity index (χ1) is 7.74. The van der Waals surface area contributed by atoms with Crippen LogP contribution in [-0.4, -0.2) is 27.8 Å². The highest BCUT2D eigenvalue weighted by molar-refractivity contribution is 6.02. The zero-order valence-corrected chi connectivity index (χ0v) is 8.77. The quantitative estimate of drug-likeness (QED) is 0.819. The molecule has 0 aliphatic rings. The summed E-state index contributed by atoms with van der Waals surface area (Å²) >= 11 is 0. The second-order valence-electron chi connectivity index (χ2n) is 3.28. The second-order valence-corrected chi connectivity index (χ2v) is 3.28. The van der Waals surface area contributed by atoms with Gasteiger partial charge in [0.1, 0.15) is 0 Å². The van der Waals surface area contributed by atoms with E-state index < -0.39 is 5.97 Å². The number of aromatic nitrogens is 2. The number of carboxylic acids is 1. The van der Waals surface area contributed by atoms with E-state index in [2.05, 4.69) is 15.5 Å². The molecule has 1 heterocycles. The zero-order valence-electron chi connectivity index (χ0n) is 8.77. The maximum atomic E-state index is 11.0. The summed E-state index contributed by atoms with van der Waals surface area (Å²) < 4.78 is 0. The first-order valence-corrected chi connectivity index (χ1v) is 4.96. The summed E-state index contributed by atoms with van der Waals surface area (Å²) in [5.74, 6) is -1.07. The fourth-order valence-corrected chi connectivity index (χ4v) is 1.56. The molecular formula is C11H11N3O2. The van der Waals surface area contributed by atoms with Gasteiger partial charge in [0.15, 0.2) is 5.69 Å². The van der Waals surface area contributed by atoms with Crippen LogP contribution < -0.4 is 5.32 Å². The molecule has 5 nitrogen and oxygen atoms in total. The molecule has 5 heteroatoms. The van der Waals surface area contributed by atoms with E-state index >= 15 is 0 Å². The van der Waals surface area contributed by atoms with E-state index in [4.69, 9.17) is 5.11 Å². The molecule has 0 saturated heterocycles. The number of benzene rings is 1. The van der Waals surface area contributed by atoms with Crippen molar-refractivity contribution in [2.24, 2.45) is 0 Å². The Morgan fingerprint density at radius 3 is 2.81 bits per heavy atom. The molecule has 2 aromatic rings. The van der Waals surface area contributed by atoms with Crippen LogP contribution in [0.4, 0.5) is 5.69 Å². The summed E-state index contributed by atoms with van der Waals surface area (Å²) in [6, 6.07) is 7.31. The number of nitrogens with one attached hydrogen (secondary N) is 1. The third-order valence-electron chi connectivity index (χ3n) is 2.22. The average molecular weight is 217 g/mol. The minimum absolute atomic E-state index is 0.0412. The molecule has 0 aliphatic carbocycles. The van der Waals surface area contributed by atoms with Gasteiger partial charge in [-0.25, -0.2) is 4.79 Å². The second kappa shape index (κ2) is 4.14. The van der Waals surface area contributed by atoms with Crippen LogP contribution in [0.5, 0.6) is 0 Å². The number of hydrogen-bond donors (Lipinski definition) is 2. The van der Waals surface area contributed by atoms with Crippen molar-refractivity contribution in [2.75, 3.05) is 11.9 Å². The van der Waals surface area contributed by atoms with E-state index in [9.17, 15) is 4.79 Å². The molecule has 2 N–H and O–H groups in total. The van der Waals surface area contributed by atoms with Gasteiger partial charge in [-0.15, -0.1) is 10.2 Å². The highest BCUT2D eigenvalue weighted by Gasteiger charge is 2.15. The summed E-state index contributed by atoms with van der Waals surface area (Å²) in [4.78, 5) is 11.0. The first-order valence-electron chi connectivity index (χ1n) is 4.96. The third kappa shape index (κ3) is 1.67. The number of aromatic carboxylic acids is 1. The van der Waals surface area contributed by atoms with E-state index in [1.54, 1.807) is 6.07 Å². The minimum atomic E-state index is -1.07. The minimum Gasteiger partial charge on any atom is -0.476 e. The Kier molecular flexibility index (Phi) is 2.68. The van der Waals surface area contributed by atoms with Crippen LogP contribution in [0.15, 0.2) is 24.3 Å². The molecule has 16 heavy (non-hydrogen) atoms. The molecule has 0 amide bonds. The molecule has 0 spiro atoms. The molecule has 0 saturated carbocycles. The number of carboxylic acid groups (broad SMARTS) is 1. The van der Waals surface area contributed by atoms with Gasteiger partial charge in [-0.05, 0) is 13.0 Å². The Morgan fingerprint density at radius 1 is 1.38 bits per heavy atom. The van der Waals surface area contributed by atoms with Crippen molar-refractivity contribution in [3.05, 3.63) is 30.0 Å². The van der Waals surface area contributed by atoms with Crippen molar-refractivity contribution in [3.8, 4) is 0 Å². The van der Waals surface area contributed by atoms with Gasteiger partial charge >= 0.3 is 5.97 Å². The highest BCUT2D eigenvalue weighted by Crippen LogP contribution is 2.23. The lowest BCUT2D eigenvalue weighted by Crippen LogP contribution is -2.10. The molecule has 1 aromatic carbocycles. The lowest BCUT2D eigenvalue weighted by atomic mass is 10.1. The van der Waals surface area contributed by atoms with Crippen molar-refractivity contribution in [3.63, 3.8) is 0 Å². The molecule has 1 aromatic heterocycles. The van der Waals surface area contributed by atoms with E-state index in [1.807, 2.05) is 25.1 Å². The van der Waals surface area contributed by atoms with Gasteiger partial charge in [0, 0.05) is 11.9 Å². The molecule has 0 radical (unpaired) electrons. The molecule has 0 atom stereocenters. The van der Waals surface area contributed by atoms with E-state index in [0.717, 1.165) is 5.39 Å². The summed E-state index contributed by atoms with van der Waals surface area (Å²) in [7, 11) is 0. The third-order valence-corrected chi connectivity index (χ3v) is 2.22. The number of hydrogen-bond acceptors (Lipinski definition) is 4. The summed E-state index contributed by atoms with van der Waals surface area (Å²) in [5, 5.41) is 20.4. The van der Waals surface area contributed by atoms with Gasteiger partial charge in [-0.3, -0.25) is 0 Å². The SMILES string of the molecule is CCNc1c(C(=O)O)nnc2ccccc12. The Morgan fingerprint density at radius 2 is 2.12 bits per heavy atom. The van der Waals surface area contributed by atoms with Crippen molar-refractivity contribution in [1.29, 1.82) is 0 Å². The predicted octanol–water partition coefficient (Wildman–Crippen LogP) is 1.76. The Balaban J connectivity index is 2.73. The number of carbonyl (C=O) groups is 1. The molecule has 0 unspecified atom stereocenters. The van der Waals surface area contributed by atoms with E-state index in [-0.39, 0.29) is 5.69 Å². The topological polar surface area (TPSA) is 75.1 Å². The van der Waals surface area contributed by atoms with Gasteiger partial charge in [0.2, 0.25) is 0 Å².